The molecule has 1 aromatic carbocycles. The van der Waals surface area contributed by atoms with E-state index < -0.39 is 10.0 Å². The third-order valence-corrected chi connectivity index (χ3v) is 8.52. The highest BCUT2D eigenvalue weighted by molar-refractivity contribution is 8.02. The topological polar surface area (TPSA) is 111 Å². The number of nitrogens with one attached hydrogen (secondary N) is 1. The second-order valence-electron chi connectivity index (χ2n) is 7.74. The lowest BCUT2D eigenvalue weighted by atomic mass is 10.00. The van der Waals surface area contributed by atoms with E-state index in [0.717, 1.165) is 37.5 Å². The Morgan fingerprint density at radius 1 is 1.12 bits per heavy atom. The van der Waals surface area contributed by atoms with E-state index in [1.165, 1.54) is 19.3 Å². The Hall–Kier alpha value is -2.69. The first-order valence-corrected chi connectivity index (χ1v) is 13.7. The second kappa shape index (κ2) is 8.34. The SMILES string of the molecule is CS(=O)(=O)Nc1ncc(-c2cc(-c3ccccc3)c3c(N)c(SC4CCC4)sc3n2)cn1. The summed E-state index contributed by atoms with van der Waals surface area (Å²) in [5.41, 5.74) is 10.9. The minimum Gasteiger partial charge on any atom is -0.397 e. The maximum Gasteiger partial charge on any atom is 0.236 e. The molecular weight excluding hydrogens is 462 g/mol. The van der Waals surface area contributed by atoms with Crippen LogP contribution in [0.2, 0.25) is 0 Å². The fourth-order valence-electron chi connectivity index (χ4n) is 3.50. The number of hydrogen-bond donors (Lipinski definition) is 2. The summed E-state index contributed by atoms with van der Waals surface area (Å²) in [7, 11) is -3.44. The van der Waals surface area contributed by atoms with Crippen molar-refractivity contribution in [3.05, 3.63) is 48.8 Å². The Bertz CT molecular complexity index is 1380. The van der Waals surface area contributed by atoms with Gasteiger partial charge in [0.2, 0.25) is 16.0 Å². The van der Waals surface area contributed by atoms with Crippen LogP contribution in [-0.4, -0.2) is 34.9 Å². The van der Waals surface area contributed by atoms with E-state index in [1.54, 1.807) is 23.7 Å². The van der Waals surface area contributed by atoms with Crippen LogP contribution in [0.15, 0.2) is 53.0 Å². The number of rotatable bonds is 6. The van der Waals surface area contributed by atoms with E-state index in [-0.39, 0.29) is 5.95 Å². The molecule has 3 heterocycles. The zero-order valence-electron chi connectivity index (χ0n) is 17.3. The summed E-state index contributed by atoms with van der Waals surface area (Å²) in [6.45, 7) is 0. The van der Waals surface area contributed by atoms with Crippen LogP contribution in [0, 0.1) is 0 Å². The van der Waals surface area contributed by atoms with Gasteiger partial charge in [-0.15, -0.1) is 23.1 Å². The number of nitrogens with zero attached hydrogens (tertiary/aromatic N) is 3. The molecule has 1 fully saturated rings. The molecule has 32 heavy (non-hydrogen) atoms. The molecule has 1 aliphatic rings. The molecule has 164 valence electrons. The van der Waals surface area contributed by atoms with Gasteiger partial charge in [0.25, 0.3) is 0 Å². The molecule has 3 N–H and O–H groups in total. The van der Waals surface area contributed by atoms with Crippen LogP contribution in [0.3, 0.4) is 0 Å². The number of fused-ring (bicyclic) bond motifs is 1. The molecule has 5 rings (SSSR count). The Kier molecular flexibility index (Phi) is 5.52. The Morgan fingerprint density at radius 2 is 1.84 bits per heavy atom. The molecule has 0 amide bonds. The first-order valence-electron chi connectivity index (χ1n) is 10.1. The largest absolute Gasteiger partial charge is 0.397 e. The van der Waals surface area contributed by atoms with Crippen LogP contribution in [0.5, 0.6) is 0 Å². The average Bonchev–Trinajstić information content (AvgIpc) is 3.05. The monoisotopic (exact) mass is 483 g/mol. The fraction of sp³-hybridized carbons (Fsp3) is 0.227. The smallest absolute Gasteiger partial charge is 0.236 e. The van der Waals surface area contributed by atoms with Crippen LogP contribution >= 0.6 is 23.1 Å². The van der Waals surface area contributed by atoms with Gasteiger partial charge in [0.15, 0.2) is 0 Å². The third-order valence-electron chi connectivity index (χ3n) is 5.30. The van der Waals surface area contributed by atoms with Gasteiger partial charge in [-0.25, -0.2) is 23.4 Å². The average molecular weight is 484 g/mol. The molecule has 0 atom stereocenters. The number of benzene rings is 1. The van der Waals surface area contributed by atoms with Crippen molar-refractivity contribution in [3.8, 4) is 22.4 Å². The van der Waals surface area contributed by atoms with Gasteiger partial charge in [-0.05, 0) is 30.0 Å². The van der Waals surface area contributed by atoms with Crippen LogP contribution < -0.4 is 10.5 Å². The van der Waals surface area contributed by atoms with Gasteiger partial charge in [-0.3, -0.25) is 4.72 Å². The number of thiophene rings is 1. The molecule has 0 aliphatic heterocycles. The van der Waals surface area contributed by atoms with Crippen molar-refractivity contribution in [2.45, 2.75) is 28.7 Å². The van der Waals surface area contributed by atoms with E-state index in [9.17, 15) is 8.42 Å². The van der Waals surface area contributed by atoms with Crippen LogP contribution in [-0.2, 0) is 10.0 Å². The summed E-state index contributed by atoms with van der Waals surface area (Å²) in [6.07, 6.45) is 7.95. The van der Waals surface area contributed by atoms with Gasteiger partial charge >= 0.3 is 0 Å². The normalized spacial score (nSPS) is 14.4. The Balaban J connectivity index is 1.62. The summed E-state index contributed by atoms with van der Waals surface area (Å²) in [4.78, 5) is 14.0. The number of pyridine rings is 1. The van der Waals surface area contributed by atoms with Crippen molar-refractivity contribution in [2.24, 2.45) is 0 Å². The van der Waals surface area contributed by atoms with Gasteiger partial charge in [-0.2, -0.15) is 0 Å². The summed E-state index contributed by atoms with van der Waals surface area (Å²) < 4.78 is 26.2. The first-order chi connectivity index (χ1) is 15.4. The minimum absolute atomic E-state index is 0.0279. The molecule has 0 bridgehead atoms. The summed E-state index contributed by atoms with van der Waals surface area (Å²) in [5.74, 6) is 0.0279. The summed E-state index contributed by atoms with van der Waals surface area (Å²) in [6, 6.07) is 12.1. The van der Waals surface area contributed by atoms with Crippen molar-refractivity contribution in [1.29, 1.82) is 0 Å². The number of nitrogens with two attached hydrogens (primary N) is 1. The maximum atomic E-state index is 11.4. The maximum absolute atomic E-state index is 11.4. The molecular formula is C22H21N5O2S3. The number of aromatic nitrogens is 3. The lowest BCUT2D eigenvalue weighted by Crippen LogP contribution is -2.12. The van der Waals surface area contributed by atoms with E-state index >= 15 is 0 Å². The van der Waals surface area contributed by atoms with Crippen molar-refractivity contribution in [2.75, 3.05) is 16.7 Å². The molecule has 0 spiro atoms. The highest BCUT2D eigenvalue weighted by Crippen LogP contribution is 2.48. The molecule has 4 aromatic rings. The number of anilines is 2. The predicted molar refractivity (Wildman–Crippen MR) is 132 cm³/mol. The van der Waals surface area contributed by atoms with E-state index in [0.29, 0.717) is 16.5 Å². The lowest BCUT2D eigenvalue weighted by molar-refractivity contribution is 0.522. The highest BCUT2D eigenvalue weighted by Gasteiger charge is 2.24. The van der Waals surface area contributed by atoms with Gasteiger partial charge in [0.05, 0.1) is 21.8 Å². The highest BCUT2D eigenvalue weighted by atomic mass is 32.2. The lowest BCUT2D eigenvalue weighted by Gasteiger charge is -2.23. The number of thioether (sulfide) groups is 1. The molecule has 0 radical (unpaired) electrons. The Morgan fingerprint density at radius 3 is 2.47 bits per heavy atom. The first kappa shape index (κ1) is 21.2. The quantitative estimate of drug-likeness (QED) is 0.396. The number of nitrogen functional groups attached to an aromatic ring is 1. The number of sulfonamides is 1. The van der Waals surface area contributed by atoms with Gasteiger partial charge in [0, 0.05) is 28.6 Å². The molecule has 10 heteroatoms. The molecule has 0 saturated heterocycles. The van der Waals surface area contributed by atoms with Gasteiger partial charge < -0.3 is 5.73 Å². The van der Waals surface area contributed by atoms with Crippen LogP contribution in [0.4, 0.5) is 11.6 Å². The zero-order chi connectivity index (χ0) is 22.3. The molecule has 1 saturated carbocycles. The number of hydrogen-bond acceptors (Lipinski definition) is 8. The van der Waals surface area contributed by atoms with Gasteiger partial charge in [0.1, 0.15) is 4.83 Å². The molecule has 0 unspecified atom stereocenters. The van der Waals surface area contributed by atoms with E-state index in [1.807, 2.05) is 36.0 Å². The zero-order valence-corrected chi connectivity index (χ0v) is 19.7. The van der Waals surface area contributed by atoms with E-state index in [4.69, 9.17) is 10.7 Å². The van der Waals surface area contributed by atoms with Crippen molar-refractivity contribution in [3.63, 3.8) is 0 Å². The Labute approximate surface area is 194 Å². The minimum atomic E-state index is -3.44. The van der Waals surface area contributed by atoms with Crippen LogP contribution in [0.1, 0.15) is 19.3 Å². The van der Waals surface area contributed by atoms with Crippen molar-refractivity contribution < 1.29 is 8.42 Å². The third kappa shape index (κ3) is 4.30. The van der Waals surface area contributed by atoms with Crippen LogP contribution in [0.25, 0.3) is 32.6 Å². The second-order valence-corrected chi connectivity index (χ2v) is 12.1. The predicted octanol–water partition coefficient (Wildman–Crippen LogP) is 5.02. The summed E-state index contributed by atoms with van der Waals surface area (Å²) in [5, 5.41) is 1.61. The molecule has 3 aromatic heterocycles. The fourth-order valence-corrected chi connectivity index (χ4v) is 6.73. The van der Waals surface area contributed by atoms with Crippen molar-refractivity contribution >= 4 is 55.0 Å². The van der Waals surface area contributed by atoms with Gasteiger partial charge in [-0.1, -0.05) is 36.8 Å². The summed E-state index contributed by atoms with van der Waals surface area (Å²) >= 11 is 3.48. The van der Waals surface area contributed by atoms with E-state index in [2.05, 4.69) is 26.8 Å². The standard InChI is InChI=1S/C22H21N5O2S3/c1-32(28,29)27-22-24-11-14(12-25-22)17-10-16(13-6-3-2-4-7-13)18-19(23)21(31-20(18)26-17)30-15-8-5-9-15/h2-4,6-7,10-12,15H,5,8-9,23H2,1H3,(H,24,25,27). The van der Waals surface area contributed by atoms with Crippen molar-refractivity contribution in [1.82, 2.24) is 15.0 Å². The molecule has 1 aliphatic carbocycles. The molecule has 7 nitrogen and oxygen atoms in total.